The van der Waals surface area contributed by atoms with Gasteiger partial charge < -0.3 is 15.0 Å². The molecule has 2 unspecified atom stereocenters. The first-order valence-corrected chi connectivity index (χ1v) is 8.95. The minimum atomic E-state index is -0.108. The van der Waals surface area contributed by atoms with Crippen molar-refractivity contribution in [3.8, 4) is 0 Å². The maximum absolute atomic E-state index is 12.8. The molecule has 0 spiro atoms. The molecule has 1 aliphatic rings. The predicted octanol–water partition coefficient (Wildman–Crippen LogP) is 3.23. The lowest BCUT2D eigenvalue weighted by atomic mass is 9.95. The van der Waals surface area contributed by atoms with Crippen LogP contribution in [-0.2, 0) is 4.74 Å². The van der Waals surface area contributed by atoms with Crippen LogP contribution in [0.3, 0.4) is 0 Å². The van der Waals surface area contributed by atoms with E-state index < -0.39 is 0 Å². The molecule has 1 aromatic carbocycles. The number of nitrogens with one attached hydrogen (secondary N) is 1. The third-order valence-corrected chi connectivity index (χ3v) is 4.80. The van der Waals surface area contributed by atoms with Crippen molar-refractivity contribution in [1.29, 1.82) is 0 Å². The van der Waals surface area contributed by atoms with Crippen molar-refractivity contribution < 1.29 is 9.53 Å². The molecular formula is C20H27N3O2. The molecule has 0 aliphatic carbocycles. The smallest absolute Gasteiger partial charge is 0.270 e. The number of ether oxygens (including phenoxy) is 1. The largest absolute Gasteiger partial charge is 0.378 e. The van der Waals surface area contributed by atoms with E-state index in [0.717, 1.165) is 29.4 Å². The fraction of sp³-hybridized carbons (Fsp3) is 0.500. The molecule has 5 heteroatoms. The Labute approximate surface area is 149 Å². The van der Waals surface area contributed by atoms with Gasteiger partial charge in [0.25, 0.3) is 5.91 Å². The van der Waals surface area contributed by atoms with E-state index in [4.69, 9.17) is 4.74 Å². The van der Waals surface area contributed by atoms with Gasteiger partial charge in [0.1, 0.15) is 5.69 Å². The summed E-state index contributed by atoms with van der Waals surface area (Å²) in [4.78, 5) is 19.4. The lowest BCUT2D eigenvalue weighted by molar-refractivity contribution is -0.0233. The van der Waals surface area contributed by atoms with Crippen LogP contribution < -0.4 is 10.2 Å². The first-order chi connectivity index (χ1) is 12.0. The van der Waals surface area contributed by atoms with E-state index in [1.165, 1.54) is 0 Å². The summed E-state index contributed by atoms with van der Waals surface area (Å²) in [5.74, 6) is 0.349. The number of aromatic nitrogens is 1. The highest BCUT2D eigenvalue weighted by molar-refractivity contribution is 6.00. The first-order valence-electron chi connectivity index (χ1n) is 8.95. The maximum atomic E-state index is 12.8. The van der Waals surface area contributed by atoms with Crippen LogP contribution in [0.5, 0.6) is 0 Å². The van der Waals surface area contributed by atoms with E-state index >= 15 is 0 Å². The molecule has 1 N–H and O–H groups in total. The van der Waals surface area contributed by atoms with Gasteiger partial charge in [0, 0.05) is 37.8 Å². The van der Waals surface area contributed by atoms with Gasteiger partial charge in [0.2, 0.25) is 0 Å². The third-order valence-electron chi connectivity index (χ3n) is 4.80. The molecule has 0 radical (unpaired) electrons. The fourth-order valence-corrected chi connectivity index (χ4v) is 3.33. The topological polar surface area (TPSA) is 54.5 Å². The number of rotatable bonds is 4. The Kier molecular flexibility index (Phi) is 5.23. The van der Waals surface area contributed by atoms with Gasteiger partial charge in [-0.2, -0.15) is 0 Å². The molecule has 1 fully saturated rings. The van der Waals surface area contributed by atoms with Gasteiger partial charge in [-0.05, 0) is 30.9 Å². The molecule has 2 aromatic rings. The Bertz CT molecular complexity index is 758. The highest BCUT2D eigenvalue weighted by Crippen LogP contribution is 2.26. The van der Waals surface area contributed by atoms with Gasteiger partial charge in [0.15, 0.2) is 0 Å². The van der Waals surface area contributed by atoms with Crippen LogP contribution in [0.4, 0.5) is 5.69 Å². The number of amides is 1. The molecule has 134 valence electrons. The highest BCUT2D eigenvalue weighted by atomic mass is 16.5. The summed E-state index contributed by atoms with van der Waals surface area (Å²) in [7, 11) is 3.96. The van der Waals surface area contributed by atoms with E-state index in [9.17, 15) is 4.79 Å². The summed E-state index contributed by atoms with van der Waals surface area (Å²) in [6, 6.07) is 9.93. The van der Waals surface area contributed by atoms with E-state index in [1.807, 2.05) is 49.3 Å². The van der Waals surface area contributed by atoms with E-state index in [0.29, 0.717) is 18.2 Å². The van der Waals surface area contributed by atoms with Crippen molar-refractivity contribution in [3.05, 3.63) is 36.0 Å². The lowest BCUT2D eigenvalue weighted by Crippen LogP contribution is -2.43. The minimum absolute atomic E-state index is 0.108. The number of hydrogen-bond donors (Lipinski definition) is 1. The van der Waals surface area contributed by atoms with Crippen LogP contribution in [-0.4, -0.2) is 43.7 Å². The van der Waals surface area contributed by atoms with Gasteiger partial charge >= 0.3 is 0 Å². The van der Waals surface area contributed by atoms with Crippen molar-refractivity contribution in [2.45, 2.75) is 38.8 Å². The van der Waals surface area contributed by atoms with Crippen molar-refractivity contribution in [2.24, 2.45) is 5.92 Å². The van der Waals surface area contributed by atoms with Crippen LogP contribution in [0, 0.1) is 5.92 Å². The number of anilines is 1. The second kappa shape index (κ2) is 7.40. The number of carbonyl (C=O) groups excluding carboxylic acids is 1. The normalized spacial score (nSPS) is 20.7. The van der Waals surface area contributed by atoms with Gasteiger partial charge in [0.05, 0.1) is 11.6 Å². The number of para-hydroxylation sites is 1. The lowest BCUT2D eigenvalue weighted by Gasteiger charge is -2.32. The first kappa shape index (κ1) is 17.7. The molecular weight excluding hydrogens is 314 g/mol. The van der Waals surface area contributed by atoms with Crippen LogP contribution in [0.15, 0.2) is 30.3 Å². The van der Waals surface area contributed by atoms with Crippen molar-refractivity contribution in [3.63, 3.8) is 0 Å². The van der Waals surface area contributed by atoms with Crippen molar-refractivity contribution >= 4 is 22.5 Å². The SMILES string of the molecule is CC(C)C1CC(NC(=O)c2cc(N(C)C)c3ccccc3n2)CCO1. The molecule has 3 rings (SSSR count). The van der Waals surface area contributed by atoms with Crippen LogP contribution in [0.25, 0.3) is 10.9 Å². The number of hydrogen-bond acceptors (Lipinski definition) is 4. The third kappa shape index (κ3) is 3.93. The quantitative estimate of drug-likeness (QED) is 0.928. The molecule has 0 bridgehead atoms. The van der Waals surface area contributed by atoms with E-state index in [-0.39, 0.29) is 18.1 Å². The Hall–Kier alpha value is -2.14. The van der Waals surface area contributed by atoms with Crippen LogP contribution >= 0.6 is 0 Å². The molecule has 1 aromatic heterocycles. The van der Waals surface area contributed by atoms with Gasteiger partial charge in [-0.15, -0.1) is 0 Å². The number of benzene rings is 1. The number of carbonyl (C=O) groups is 1. The molecule has 1 amide bonds. The van der Waals surface area contributed by atoms with Gasteiger partial charge in [-0.3, -0.25) is 4.79 Å². The average molecular weight is 341 g/mol. The number of pyridine rings is 1. The van der Waals surface area contributed by atoms with Crippen molar-refractivity contribution in [1.82, 2.24) is 10.3 Å². The number of nitrogens with zero attached hydrogens (tertiary/aromatic N) is 2. The van der Waals surface area contributed by atoms with Crippen LogP contribution in [0.1, 0.15) is 37.2 Å². The zero-order chi connectivity index (χ0) is 18.0. The predicted molar refractivity (Wildman–Crippen MR) is 101 cm³/mol. The standard InChI is InChI=1S/C20H27N3O2/c1-13(2)19-11-14(9-10-25-19)21-20(24)17-12-18(23(3)4)15-7-5-6-8-16(15)22-17/h5-8,12-14,19H,9-11H2,1-4H3,(H,21,24). The Morgan fingerprint density at radius 1 is 1.32 bits per heavy atom. The second-order valence-corrected chi connectivity index (χ2v) is 7.29. The van der Waals surface area contributed by atoms with Crippen LogP contribution in [0.2, 0.25) is 0 Å². The molecule has 25 heavy (non-hydrogen) atoms. The number of fused-ring (bicyclic) bond motifs is 1. The molecule has 1 saturated heterocycles. The van der Waals surface area contributed by atoms with Gasteiger partial charge in [-0.25, -0.2) is 4.98 Å². The summed E-state index contributed by atoms with van der Waals surface area (Å²) in [6.45, 7) is 5.01. The maximum Gasteiger partial charge on any atom is 0.270 e. The van der Waals surface area contributed by atoms with Gasteiger partial charge in [-0.1, -0.05) is 32.0 Å². The Balaban J connectivity index is 1.82. The summed E-state index contributed by atoms with van der Waals surface area (Å²) in [5, 5.41) is 4.20. The Morgan fingerprint density at radius 2 is 2.08 bits per heavy atom. The fourth-order valence-electron chi connectivity index (χ4n) is 3.33. The monoisotopic (exact) mass is 341 g/mol. The van der Waals surface area contributed by atoms with E-state index in [2.05, 4.69) is 24.1 Å². The minimum Gasteiger partial charge on any atom is -0.378 e. The summed E-state index contributed by atoms with van der Waals surface area (Å²) in [5.41, 5.74) is 2.31. The van der Waals surface area contributed by atoms with E-state index in [1.54, 1.807) is 0 Å². The molecule has 5 nitrogen and oxygen atoms in total. The molecule has 0 saturated carbocycles. The summed E-state index contributed by atoms with van der Waals surface area (Å²) < 4.78 is 5.79. The molecule has 1 aliphatic heterocycles. The summed E-state index contributed by atoms with van der Waals surface area (Å²) in [6.07, 6.45) is 1.92. The zero-order valence-electron chi connectivity index (χ0n) is 15.5. The molecule has 2 atom stereocenters. The molecule has 2 heterocycles. The second-order valence-electron chi connectivity index (χ2n) is 7.29. The summed E-state index contributed by atoms with van der Waals surface area (Å²) >= 11 is 0. The zero-order valence-corrected chi connectivity index (χ0v) is 15.5. The average Bonchev–Trinajstić information content (AvgIpc) is 2.60. The Morgan fingerprint density at radius 3 is 2.80 bits per heavy atom. The highest BCUT2D eigenvalue weighted by Gasteiger charge is 2.26. The van der Waals surface area contributed by atoms with Crippen molar-refractivity contribution in [2.75, 3.05) is 25.6 Å².